The molecule has 0 atom stereocenters. The number of nitrogens with one attached hydrogen (secondary N) is 1. The SMILES string of the molecule is COc1ccc(NC(=O)c2ccc(-c3ccccc3)cc2S(N)(=O)=O)cc1C1CCN(C(C)C)CC1. The maximum absolute atomic E-state index is 13.2. The van der Waals surface area contributed by atoms with Gasteiger partial charge in [0.1, 0.15) is 5.75 Å². The van der Waals surface area contributed by atoms with Crippen LogP contribution in [0.3, 0.4) is 0 Å². The number of methoxy groups -OCH3 is 1. The van der Waals surface area contributed by atoms with Gasteiger partial charge in [0, 0.05) is 11.7 Å². The van der Waals surface area contributed by atoms with Gasteiger partial charge in [0.05, 0.1) is 17.6 Å². The Balaban J connectivity index is 1.61. The third-order valence-corrected chi connectivity index (χ3v) is 7.78. The number of sulfonamides is 1. The average molecular weight is 508 g/mol. The summed E-state index contributed by atoms with van der Waals surface area (Å²) >= 11 is 0. The second kappa shape index (κ2) is 10.8. The molecule has 7 nitrogen and oxygen atoms in total. The summed E-state index contributed by atoms with van der Waals surface area (Å²) < 4.78 is 30.4. The first kappa shape index (κ1) is 25.9. The summed E-state index contributed by atoms with van der Waals surface area (Å²) in [4.78, 5) is 15.5. The van der Waals surface area contributed by atoms with Crippen molar-refractivity contribution >= 4 is 21.6 Å². The summed E-state index contributed by atoms with van der Waals surface area (Å²) in [7, 11) is -2.49. The van der Waals surface area contributed by atoms with E-state index >= 15 is 0 Å². The molecule has 1 heterocycles. The minimum absolute atomic E-state index is 0.000194. The number of ether oxygens (including phenoxy) is 1. The second-order valence-electron chi connectivity index (χ2n) is 9.44. The molecule has 1 aliphatic rings. The first-order valence-electron chi connectivity index (χ1n) is 12.1. The van der Waals surface area contributed by atoms with Crippen LogP contribution in [0.15, 0.2) is 71.6 Å². The van der Waals surface area contributed by atoms with Gasteiger partial charge >= 0.3 is 0 Å². The van der Waals surface area contributed by atoms with E-state index in [0.717, 1.165) is 42.8 Å². The standard InChI is InChI=1S/C28H33N3O4S/c1-19(2)31-15-13-21(14-16-31)25-18-23(10-12-26(25)35-3)30-28(32)24-11-9-22(17-27(24)36(29,33)34)20-7-5-4-6-8-20/h4-12,17-19,21H,13-16H2,1-3H3,(H,30,32)(H2,29,33,34). The number of hydrogen-bond donors (Lipinski definition) is 2. The first-order valence-corrected chi connectivity index (χ1v) is 13.7. The highest BCUT2D eigenvalue weighted by atomic mass is 32.2. The Morgan fingerprint density at radius 3 is 2.31 bits per heavy atom. The summed E-state index contributed by atoms with van der Waals surface area (Å²) in [6, 6.07) is 20.1. The lowest BCUT2D eigenvalue weighted by Crippen LogP contribution is -2.37. The van der Waals surface area contributed by atoms with Crippen LogP contribution in [0.5, 0.6) is 5.75 Å². The summed E-state index contributed by atoms with van der Waals surface area (Å²) in [5, 5.41) is 8.36. The number of amides is 1. The molecule has 3 aromatic rings. The predicted molar refractivity (Wildman–Crippen MR) is 143 cm³/mol. The van der Waals surface area contributed by atoms with Gasteiger partial charge in [0.2, 0.25) is 10.0 Å². The van der Waals surface area contributed by atoms with E-state index in [2.05, 4.69) is 24.1 Å². The smallest absolute Gasteiger partial charge is 0.257 e. The number of carbonyl (C=O) groups excluding carboxylic acids is 1. The second-order valence-corrected chi connectivity index (χ2v) is 11.0. The number of piperidine rings is 1. The summed E-state index contributed by atoms with van der Waals surface area (Å²) in [6.45, 7) is 6.43. The lowest BCUT2D eigenvalue weighted by Gasteiger charge is -2.35. The van der Waals surface area contributed by atoms with Gasteiger partial charge < -0.3 is 15.0 Å². The van der Waals surface area contributed by atoms with E-state index in [4.69, 9.17) is 9.88 Å². The van der Waals surface area contributed by atoms with E-state index in [1.807, 2.05) is 42.5 Å². The van der Waals surface area contributed by atoms with Crippen LogP contribution >= 0.6 is 0 Å². The van der Waals surface area contributed by atoms with Crippen molar-refractivity contribution in [2.24, 2.45) is 5.14 Å². The van der Waals surface area contributed by atoms with Crippen molar-refractivity contribution < 1.29 is 17.9 Å². The zero-order chi connectivity index (χ0) is 25.9. The van der Waals surface area contributed by atoms with Crippen LogP contribution in [0.25, 0.3) is 11.1 Å². The Hall–Kier alpha value is -3.20. The average Bonchev–Trinajstić information content (AvgIpc) is 2.88. The van der Waals surface area contributed by atoms with Gasteiger partial charge in [-0.05, 0) is 92.7 Å². The van der Waals surface area contributed by atoms with Crippen molar-refractivity contribution in [3.63, 3.8) is 0 Å². The highest BCUT2D eigenvalue weighted by molar-refractivity contribution is 7.89. The van der Waals surface area contributed by atoms with Gasteiger partial charge in [-0.3, -0.25) is 4.79 Å². The molecule has 3 N–H and O–H groups in total. The maximum atomic E-state index is 13.2. The van der Waals surface area contributed by atoms with E-state index < -0.39 is 15.9 Å². The number of nitrogens with two attached hydrogens (primary N) is 1. The number of primary sulfonamides is 1. The normalized spacial score (nSPS) is 15.1. The fraction of sp³-hybridized carbons (Fsp3) is 0.321. The lowest BCUT2D eigenvalue weighted by atomic mass is 9.88. The van der Waals surface area contributed by atoms with Crippen molar-refractivity contribution in [3.05, 3.63) is 77.9 Å². The van der Waals surface area contributed by atoms with Crippen LogP contribution in [0.2, 0.25) is 0 Å². The van der Waals surface area contributed by atoms with Gasteiger partial charge in [0.15, 0.2) is 0 Å². The fourth-order valence-electron chi connectivity index (χ4n) is 4.81. The van der Waals surface area contributed by atoms with Crippen molar-refractivity contribution in [2.75, 3.05) is 25.5 Å². The maximum Gasteiger partial charge on any atom is 0.257 e. The minimum atomic E-state index is -4.14. The molecular formula is C28H33N3O4S. The molecule has 190 valence electrons. The number of hydrogen-bond acceptors (Lipinski definition) is 5. The Kier molecular flexibility index (Phi) is 7.78. The Bertz CT molecular complexity index is 1330. The van der Waals surface area contributed by atoms with E-state index in [1.54, 1.807) is 19.2 Å². The van der Waals surface area contributed by atoms with E-state index in [9.17, 15) is 13.2 Å². The van der Waals surface area contributed by atoms with E-state index in [0.29, 0.717) is 23.2 Å². The molecule has 1 saturated heterocycles. The number of benzene rings is 3. The minimum Gasteiger partial charge on any atom is -0.496 e. The quantitative estimate of drug-likeness (QED) is 0.476. The Morgan fingerprint density at radius 2 is 1.69 bits per heavy atom. The molecule has 0 unspecified atom stereocenters. The number of rotatable bonds is 7. The highest BCUT2D eigenvalue weighted by Gasteiger charge is 2.25. The summed E-state index contributed by atoms with van der Waals surface area (Å²) in [5.41, 5.74) is 3.12. The van der Waals surface area contributed by atoms with Gasteiger partial charge in [-0.15, -0.1) is 0 Å². The molecule has 3 aromatic carbocycles. The molecule has 1 amide bonds. The largest absolute Gasteiger partial charge is 0.496 e. The fourth-order valence-corrected chi connectivity index (χ4v) is 5.57. The molecule has 0 radical (unpaired) electrons. The molecule has 0 spiro atoms. The summed E-state index contributed by atoms with van der Waals surface area (Å²) in [6.07, 6.45) is 2.00. The molecule has 36 heavy (non-hydrogen) atoms. The molecule has 1 aliphatic heterocycles. The first-order chi connectivity index (χ1) is 17.2. The molecule has 1 fully saturated rings. The van der Waals surface area contributed by atoms with Gasteiger partial charge in [-0.2, -0.15) is 0 Å². The van der Waals surface area contributed by atoms with Gasteiger partial charge in [-0.1, -0.05) is 36.4 Å². The van der Waals surface area contributed by atoms with Crippen molar-refractivity contribution in [2.45, 2.75) is 43.5 Å². The van der Waals surface area contributed by atoms with E-state index in [-0.39, 0.29) is 10.5 Å². The van der Waals surface area contributed by atoms with Gasteiger partial charge in [-0.25, -0.2) is 13.6 Å². The van der Waals surface area contributed by atoms with Crippen molar-refractivity contribution in [1.82, 2.24) is 4.90 Å². The monoisotopic (exact) mass is 507 g/mol. The lowest BCUT2D eigenvalue weighted by molar-refractivity contribution is 0.102. The van der Waals surface area contributed by atoms with Crippen LogP contribution < -0.4 is 15.2 Å². The predicted octanol–water partition coefficient (Wildman–Crippen LogP) is 4.85. The highest BCUT2D eigenvalue weighted by Crippen LogP contribution is 2.36. The topological polar surface area (TPSA) is 102 Å². The molecule has 4 rings (SSSR count). The molecular weight excluding hydrogens is 474 g/mol. The van der Waals surface area contributed by atoms with Crippen molar-refractivity contribution in [1.29, 1.82) is 0 Å². The van der Waals surface area contributed by atoms with Gasteiger partial charge in [0.25, 0.3) is 5.91 Å². The van der Waals surface area contributed by atoms with Crippen LogP contribution in [0.4, 0.5) is 5.69 Å². The molecule has 0 saturated carbocycles. The van der Waals surface area contributed by atoms with E-state index in [1.165, 1.54) is 12.1 Å². The number of carbonyl (C=O) groups is 1. The Labute approximate surface area is 213 Å². The van der Waals surface area contributed by atoms with Crippen LogP contribution in [0, 0.1) is 0 Å². The third kappa shape index (κ3) is 5.78. The van der Waals surface area contributed by atoms with Crippen LogP contribution in [0.1, 0.15) is 48.5 Å². The third-order valence-electron chi connectivity index (χ3n) is 6.83. The van der Waals surface area contributed by atoms with Crippen LogP contribution in [-0.4, -0.2) is 45.5 Å². The van der Waals surface area contributed by atoms with Crippen molar-refractivity contribution in [3.8, 4) is 16.9 Å². The summed E-state index contributed by atoms with van der Waals surface area (Å²) in [5.74, 6) is 0.565. The Morgan fingerprint density at radius 1 is 1.00 bits per heavy atom. The number of nitrogens with zero attached hydrogens (tertiary/aromatic N) is 1. The molecule has 0 bridgehead atoms. The molecule has 8 heteroatoms. The zero-order valence-electron chi connectivity index (χ0n) is 20.9. The van der Waals surface area contributed by atoms with Crippen LogP contribution in [-0.2, 0) is 10.0 Å². The molecule has 0 aromatic heterocycles. The zero-order valence-corrected chi connectivity index (χ0v) is 21.7. The number of anilines is 1. The molecule has 0 aliphatic carbocycles. The number of likely N-dealkylation sites (tertiary alicyclic amines) is 1.